The molecule has 3 N–H and O–H groups in total. The number of carbonyl (C=O) groups is 1. The number of alkyl halides is 1. The summed E-state index contributed by atoms with van der Waals surface area (Å²) in [6, 6.07) is 9.55. The smallest absolute Gasteiger partial charge is 0.248 e. The van der Waals surface area contributed by atoms with Gasteiger partial charge in [-0.25, -0.2) is 13.5 Å². The number of nitrogens with one attached hydrogen (secondary N) is 3. The average Bonchev–Trinajstić information content (AvgIpc) is 3.39. The maximum absolute atomic E-state index is 13.7. The Kier molecular flexibility index (Phi) is 11.3. The number of rotatable bonds is 12. The molecule has 0 saturated heterocycles. The fraction of sp³-hybridized carbons (Fsp3) is 0.222. The first-order valence-corrected chi connectivity index (χ1v) is 12.6. The molecule has 0 aliphatic rings. The van der Waals surface area contributed by atoms with Gasteiger partial charge >= 0.3 is 0 Å². The molecule has 2 aromatic carbocycles. The van der Waals surface area contributed by atoms with Crippen LogP contribution in [0.4, 0.5) is 25.8 Å². The van der Waals surface area contributed by atoms with E-state index in [1.807, 2.05) is 6.92 Å². The molecule has 0 aliphatic heterocycles. The van der Waals surface area contributed by atoms with Gasteiger partial charge in [-0.15, -0.1) is 17.5 Å². The molecule has 14 heteroatoms. The zero-order chi connectivity index (χ0) is 28.5. The van der Waals surface area contributed by atoms with E-state index in [0.717, 1.165) is 0 Å². The van der Waals surface area contributed by atoms with Crippen molar-refractivity contribution in [3.63, 3.8) is 0 Å². The third-order valence-electron chi connectivity index (χ3n) is 5.57. The summed E-state index contributed by atoms with van der Waals surface area (Å²) >= 11 is 5.93. The molecule has 0 saturated carbocycles. The minimum Gasteiger partial charge on any atom is -0.492 e. The highest BCUT2D eigenvalue weighted by Crippen LogP contribution is 2.36. The molecule has 214 valence electrons. The van der Waals surface area contributed by atoms with Gasteiger partial charge in [0, 0.05) is 48.7 Å². The standard InChI is InChI=1S/C27H25ClF2N8O2.ClH/c1-2-40-25-12-23-20(27(17(13-31)14-33-23)34-18-5-6-22(30)21(28)10-18)11-24(25)35-26(39)4-3-8-32-15-19-16-38(9-7-29)37-36-19;/h3-6,10-12,14,16,32H,2,7-9,15H2,1H3,(H,33,34)(H,35,39);1H/b4-3+;/i29-1;. The number of aryl methyl sites for hydroxylation is 1. The fourth-order valence-electron chi connectivity index (χ4n) is 3.77. The third-order valence-corrected chi connectivity index (χ3v) is 5.86. The van der Waals surface area contributed by atoms with E-state index in [9.17, 15) is 18.8 Å². The van der Waals surface area contributed by atoms with Gasteiger partial charge in [0.25, 0.3) is 0 Å². The molecule has 10 nitrogen and oxygen atoms in total. The van der Waals surface area contributed by atoms with Crippen LogP contribution in [0.25, 0.3) is 10.9 Å². The predicted octanol–water partition coefficient (Wildman–Crippen LogP) is 5.31. The van der Waals surface area contributed by atoms with Crippen molar-refractivity contribution in [3.05, 3.63) is 77.0 Å². The summed E-state index contributed by atoms with van der Waals surface area (Å²) in [6.07, 6.45) is 6.08. The van der Waals surface area contributed by atoms with Crippen LogP contribution in [0.1, 0.15) is 18.2 Å². The van der Waals surface area contributed by atoms with Crippen molar-refractivity contribution in [3.8, 4) is 11.8 Å². The molecule has 4 rings (SSSR count). The van der Waals surface area contributed by atoms with Gasteiger partial charge in [0.05, 0.1) is 46.3 Å². The van der Waals surface area contributed by atoms with Crippen molar-refractivity contribution in [2.24, 2.45) is 0 Å². The van der Waals surface area contributed by atoms with E-state index in [-0.39, 0.29) is 29.5 Å². The minimum absolute atomic E-state index is 0. The number of ether oxygens (including phenoxy) is 1. The number of hydrogen-bond donors (Lipinski definition) is 3. The number of nitrogens with zero attached hydrogens (tertiary/aromatic N) is 5. The lowest BCUT2D eigenvalue weighted by Gasteiger charge is -2.16. The molecular weight excluding hydrogens is 576 g/mol. The van der Waals surface area contributed by atoms with Gasteiger partial charge < -0.3 is 20.7 Å². The molecule has 1 amide bonds. The first kappa shape index (κ1) is 31.2. The molecular formula is C27H26Cl2F2N8O2. The molecule has 4 aromatic rings. The predicted molar refractivity (Wildman–Crippen MR) is 155 cm³/mol. The van der Waals surface area contributed by atoms with Crippen molar-refractivity contribution in [2.45, 2.75) is 20.0 Å². The number of nitriles is 1. The number of amides is 1. The number of fused-ring (bicyclic) bond motifs is 1. The number of aromatic nitrogens is 4. The first-order valence-electron chi connectivity index (χ1n) is 12.3. The number of hydrogen-bond acceptors (Lipinski definition) is 8. The van der Waals surface area contributed by atoms with E-state index in [4.69, 9.17) is 16.3 Å². The lowest BCUT2D eigenvalue weighted by molar-refractivity contribution is -0.111. The molecule has 0 atom stereocenters. The number of pyridine rings is 1. The lowest BCUT2D eigenvalue weighted by Crippen LogP contribution is -2.15. The molecule has 0 aliphatic carbocycles. The Morgan fingerprint density at radius 3 is 2.85 bits per heavy atom. The SMILES string of the molecule is CCOc1cc2ncc(C#N)c(Nc3ccc(F)c(Cl)c3)c2cc1NC(=O)/C=C/CNCc1cn(CC[18F])nn1.Cl. The summed E-state index contributed by atoms with van der Waals surface area (Å²) in [5.41, 5.74) is 2.66. The normalized spacial score (nSPS) is 10.8. The van der Waals surface area contributed by atoms with Gasteiger partial charge in [0.2, 0.25) is 5.91 Å². The van der Waals surface area contributed by atoms with Gasteiger partial charge in [-0.1, -0.05) is 22.9 Å². The third kappa shape index (κ3) is 8.11. The fourth-order valence-corrected chi connectivity index (χ4v) is 3.95. The summed E-state index contributed by atoms with van der Waals surface area (Å²) in [5.74, 6) is -0.567. The van der Waals surface area contributed by atoms with Gasteiger partial charge in [-0.3, -0.25) is 9.78 Å². The summed E-state index contributed by atoms with van der Waals surface area (Å²) in [6.45, 7) is 2.57. The van der Waals surface area contributed by atoms with Crippen LogP contribution in [0, 0.1) is 17.1 Å². The summed E-state index contributed by atoms with van der Waals surface area (Å²) < 4.78 is 33.2. The minimum atomic E-state index is -0.566. The Bertz CT molecular complexity index is 1590. The van der Waals surface area contributed by atoms with E-state index in [0.29, 0.717) is 59.1 Å². The van der Waals surface area contributed by atoms with E-state index in [1.54, 1.807) is 24.4 Å². The molecule has 0 spiro atoms. The van der Waals surface area contributed by atoms with E-state index < -0.39 is 18.4 Å². The molecule has 0 radical (unpaired) electrons. The van der Waals surface area contributed by atoms with Crippen molar-refractivity contribution in [2.75, 3.05) is 30.5 Å². The van der Waals surface area contributed by atoms with Crippen LogP contribution < -0.4 is 20.7 Å². The molecule has 2 aromatic heterocycles. The number of carbonyl (C=O) groups excluding carboxylic acids is 1. The maximum atomic E-state index is 13.7. The molecule has 0 fully saturated rings. The summed E-state index contributed by atoms with van der Waals surface area (Å²) in [5, 5.41) is 26.9. The Labute approximate surface area is 245 Å². The number of anilines is 3. The Morgan fingerprint density at radius 2 is 2.12 bits per heavy atom. The zero-order valence-corrected chi connectivity index (χ0v) is 23.4. The van der Waals surface area contributed by atoms with E-state index >= 15 is 0 Å². The van der Waals surface area contributed by atoms with Crippen molar-refractivity contribution in [1.82, 2.24) is 25.3 Å². The van der Waals surface area contributed by atoms with Crippen molar-refractivity contribution in [1.29, 1.82) is 5.26 Å². The molecule has 0 bridgehead atoms. The van der Waals surface area contributed by atoms with Crippen LogP contribution >= 0.6 is 24.0 Å². The van der Waals surface area contributed by atoms with Crippen molar-refractivity contribution < 1.29 is 18.3 Å². The summed E-state index contributed by atoms with van der Waals surface area (Å²) in [7, 11) is 0. The van der Waals surface area contributed by atoms with Crippen LogP contribution in [0.15, 0.2) is 54.9 Å². The largest absolute Gasteiger partial charge is 0.492 e. The maximum Gasteiger partial charge on any atom is 0.248 e. The highest BCUT2D eigenvalue weighted by atomic mass is 35.5. The Balaban J connectivity index is 0.00000462. The van der Waals surface area contributed by atoms with E-state index in [1.165, 1.54) is 35.2 Å². The van der Waals surface area contributed by atoms with Crippen LogP contribution in [-0.2, 0) is 17.9 Å². The highest BCUT2D eigenvalue weighted by Gasteiger charge is 2.15. The lowest BCUT2D eigenvalue weighted by atomic mass is 10.1. The van der Waals surface area contributed by atoms with Crippen LogP contribution in [-0.4, -0.2) is 45.7 Å². The second kappa shape index (κ2) is 14.9. The zero-order valence-electron chi connectivity index (χ0n) is 21.8. The van der Waals surface area contributed by atoms with Gasteiger partial charge in [-0.05, 0) is 31.2 Å². The first-order chi connectivity index (χ1) is 19.4. The Morgan fingerprint density at radius 1 is 1.29 bits per heavy atom. The molecule has 0 unspecified atom stereocenters. The number of halogens is 4. The quantitative estimate of drug-likeness (QED) is 0.147. The average molecular weight is 602 g/mol. The second-order valence-electron chi connectivity index (χ2n) is 8.40. The Hall–Kier alpha value is -4.31. The second-order valence-corrected chi connectivity index (χ2v) is 8.80. The van der Waals surface area contributed by atoms with Crippen LogP contribution in [0.3, 0.4) is 0 Å². The molecule has 41 heavy (non-hydrogen) atoms. The molecule has 2 heterocycles. The van der Waals surface area contributed by atoms with Gasteiger partial charge in [-0.2, -0.15) is 5.26 Å². The van der Waals surface area contributed by atoms with E-state index in [2.05, 4.69) is 37.3 Å². The number of benzene rings is 2. The van der Waals surface area contributed by atoms with Crippen LogP contribution in [0.2, 0.25) is 5.02 Å². The van der Waals surface area contributed by atoms with Crippen LogP contribution in [0.5, 0.6) is 5.75 Å². The topological polar surface area (TPSA) is 130 Å². The monoisotopic (exact) mass is 601 g/mol. The summed E-state index contributed by atoms with van der Waals surface area (Å²) in [4.78, 5) is 17.1. The van der Waals surface area contributed by atoms with Crippen molar-refractivity contribution >= 4 is 57.9 Å². The highest BCUT2D eigenvalue weighted by molar-refractivity contribution is 6.31. The van der Waals surface area contributed by atoms with Gasteiger partial charge in [0.1, 0.15) is 24.3 Å². The van der Waals surface area contributed by atoms with Gasteiger partial charge in [0.15, 0.2) is 0 Å².